The molecule has 39 heavy (non-hydrogen) atoms. The van der Waals surface area contributed by atoms with E-state index in [4.69, 9.17) is 24.7 Å². The third kappa shape index (κ3) is 12.6. The van der Waals surface area contributed by atoms with Crippen molar-refractivity contribution < 1.29 is 38.1 Å². The number of carbonyl (C=O) groups is 4. The molecular weight excluding hydrogens is 502 g/mol. The van der Waals surface area contributed by atoms with Gasteiger partial charge in [-0.15, -0.1) is 0 Å². The summed E-state index contributed by atoms with van der Waals surface area (Å²) in [6.07, 6.45) is 1.87. The summed E-state index contributed by atoms with van der Waals surface area (Å²) in [6.45, 7) is 15.2. The summed E-state index contributed by atoms with van der Waals surface area (Å²) in [4.78, 5) is 50.0. The molecule has 0 radical (unpaired) electrons. The Labute approximate surface area is 233 Å². The second-order valence-corrected chi connectivity index (χ2v) is 12.6. The molecule has 0 saturated heterocycles. The average Bonchev–Trinajstić information content (AvgIpc) is 2.77. The minimum Gasteiger partial charge on any atom is -0.468 e. The van der Waals surface area contributed by atoms with Crippen LogP contribution < -0.4 is 15.2 Å². The van der Waals surface area contributed by atoms with E-state index in [1.54, 1.807) is 13.0 Å². The Balaban J connectivity index is 3.22. The number of benzene rings is 1. The zero-order valence-electron chi connectivity index (χ0n) is 25.1. The number of methoxy groups -OCH3 is 1. The van der Waals surface area contributed by atoms with E-state index in [-0.39, 0.29) is 66.5 Å². The molecule has 0 spiro atoms. The van der Waals surface area contributed by atoms with E-state index in [0.717, 1.165) is 6.42 Å². The van der Waals surface area contributed by atoms with E-state index in [1.165, 1.54) is 19.2 Å². The Bertz CT molecular complexity index is 1010. The molecule has 0 saturated carbocycles. The first-order valence-corrected chi connectivity index (χ1v) is 13.5. The van der Waals surface area contributed by atoms with E-state index in [1.807, 2.05) is 48.5 Å². The van der Waals surface area contributed by atoms with Crippen molar-refractivity contribution in [3.63, 3.8) is 0 Å². The first-order chi connectivity index (χ1) is 17.9. The minimum absolute atomic E-state index is 0.00176. The number of hydrogen-bond acceptors (Lipinski definition) is 9. The predicted molar refractivity (Wildman–Crippen MR) is 148 cm³/mol. The van der Waals surface area contributed by atoms with Crippen LogP contribution in [0, 0.1) is 16.7 Å². The second-order valence-electron chi connectivity index (χ2n) is 12.6. The Morgan fingerprint density at radius 1 is 0.897 bits per heavy atom. The highest BCUT2D eigenvalue weighted by Gasteiger charge is 2.36. The Morgan fingerprint density at radius 2 is 1.44 bits per heavy atom. The van der Waals surface area contributed by atoms with Crippen LogP contribution in [-0.2, 0) is 35.1 Å². The fraction of sp³-hybridized carbons (Fsp3) is 0.667. The van der Waals surface area contributed by atoms with Crippen LogP contribution in [-0.4, -0.2) is 43.1 Å². The molecule has 0 heterocycles. The van der Waals surface area contributed by atoms with E-state index >= 15 is 0 Å². The van der Waals surface area contributed by atoms with Gasteiger partial charge in [-0.25, -0.2) is 0 Å². The van der Waals surface area contributed by atoms with Gasteiger partial charge in [-0.3, -0.25) is 19.2 Å². The van der Waals surface area contributed by atoms with Crippen LogP contribution in [0.15, 0.2) is 18.2 Å². The molecule has 0 aliphatic heterocycles. The van der Waals surface area contributed by atoms with Gasteiger partial charge in [0.1, 0.15) is 5.54 Å². The summed E-state index contributed by atoms with van der Waals surface area (Å²) >= 11 is 0. The zero-order valence-corrected chi connectivity index (χ0v) is 25.1. The molecule has 0 aromatic heterocycles. The van der Waals surface area contributed by atoms with Gasteiger partial charge < -0.3 is 24.7 Å². The van der Waals surface area contributed by atoms with Gasteiger partial charge in [0.15, 0.2) is 11.5 Å². The summed E-state index contributed by atoms with van der Waals surface area (Å²) in [5, 5.41) is 0. The van der Waals surface area contributed by atoms with Gasteiger partial charge in [0.25, 0.3) is 0 Å². The third-order valence-electron chi connectivity index (χ3n) is 5.83. The van der Waals surface area contributed by atoms with Crippen LogP contribution in [0.25, 0.3) is 0 Å². The lowest BCUT2D eigenvalue weighted by Crippen LogP contribution is -2.51. The first-order valence-electron chi connectivity index (χ1n) is 13.5. The lowest BCUT2D eigenvalue weighted by atomic mass is 9.88. The van der Waals surface area contributed by atoms with E-state index in [0.29, 0.717) is 12.0 Å². The van der Waals surface area contributed by atoms with Crippen molar-refractivity contribution in [1.82, 2.24) is 0 Å². The van der Waals surface area contributed by atoms with Crippen LogP contribution in [0.4, 0.5) is 0 Å². The van der Waals surface area contributed by atoms with Crippen molar-refractivity contribution in [2.75, 3.05) is 13.7 Å². The smallest absolute Gasteiger partial charge is 0.326 e. The Hall–Kier alpha value is -2.94. The largest absolute Gasteiger partial charge is 0.468 e. The molecule has 220 valence electrons. The van der Waals surface area contributed by atoms with Gasteiger partial charge in [0.05, 0.1) is 32.5 Å². The summed E-state index contributed by atoms with van der Waals surface area (Å²) in [6, 6.07) is 4.68. The molecule has 1 unspecified atom stereocenters. The van der Waals surface area contributed by atoms with E-state index in [2.05, 4.69) is 0 Å². The standard InChI is InChI=1S/C30H47NO8/c1-10-11-20(2)26(34)37-15-14-30(31,27(35)36-9)17-21-12-13-22(38-24(32)18-28(3,4)5)23(16-21)39-25(33)19-29(6,7)8/h12-13,16,20H,10-11,14-15,17-19,31H2,1-9H3/t20-,30?/m0/s1. The second kappa shape index (κ2) is 14.4. The summed E-state index contributed by atoms with van der Waals surface area (Å²) < 4.78 is 21.5. The quantitative estimate of drug-likeness (QED) is 0.262. The van der Waals surface area contributed by atoms with Crippen molar-refractivity contribution >= 4 is 23.9 Å². The van der Waals surface area contributed by atoms with E-state index < -0.39 is 23.4 Å². The number of ether oxygens (including phenoxy) is 4. The highest BCUT2D eigenvalue weighted by molar-refractivity contribution is 5.81. The lowest BCUT2D eigenvalue weighted by molar-refractivity contribution is -0.153. The number of carbonyl (C=O) groups excluding carboxylic acids is 4. The maximum atomic E-state index is 12.7. The number of hydrogen-bond donors (Lipinski definition) is 1. The summed E-state index contributed by atoms with van der Waals surface area (Å²) in [7, 11) is 1.23. The number of nitrogens with two attached hydrogens (primary N) is 1. The topological polar surface area (TPSA) is 131 Å². The molecule has 0 fully saturated rings. The molecule has 0 aliphatic rings. The maximum absolute atomic E-state index is 12.7. The molecule has 1 aromatic rings. The van der Waals surface area contributed by atoms with Gasteiger partial charge in [0, 0.05) is 12.8 Å². The first kappa shape index (κ1) is 34.1. The van der Waals surface area contributed by atoms with Crippen molar-refractivity contribution in [2.24, 2.45) is 22.5 Å². The molecule has 2 atom stereocenters. The van der Waals surface area contributed by atoms with Crippen molar-refractivity contribution in [1.29, 1.82) is 0 Å². The van der Waals surface area contributed by atoms with Gasteiger partial charge in [-0.1, -0.05) is 67.9 Å². The van der Waals surface area contributed by atoms with Gasteiger partial charge in [-0.2, -0.15) is 0 Å². The molecule has 9 nitrogen and oxygen atoms in total. The minimum atomic E-state index is -1.51. The summed E-state index contributed by atoms with van der Waals surface area (Å²) in [5.41, 5.74) is 4.89. The Morgan fingerprint density at radius 3 is 1.92 bits per heavy atom. The van der Waals surface area contributed by atoms with Gasteiger partial charge >= 0.3 is 23.9 Å². The fourth-order valence-corrected chi connectivity index (χ4v) is 3.87. The van der Waals surface area contributed by atoms with Gasteiger partial charge in [-0.05, 0) is 34.9 Å². The van der Waals surface area contributed by atoms with Crippen LogP contribution in [0.2, 0.25) is 0 Å². The Kier molecular flexibility index (Phi) is 12.6. The molecular formula is C30H47NO8. The van der Waals surface area contributed by atoms with Crippen molar-refractivity contribution in [3.8, 4) is 11.5 Å². The predicted octanol–water partition coefficient (Wildman–Crippen LogP) is 5.15. The normalized spacial score (nSPS) is 14.1. The van der Waals surface area contributed by atoms with Crippen molar-refractivity contribution in [2.45, 2.75) is 99.5 Å². The monoisotopic (exact) mass is 549 g/mol. The van der Waals surface area contributed by atoms with Crippen LogP contribution in [0.3, 0.4) is 0 Å². The van der Waals surface area contributed by atoms with Gasteiger partial charge in [0.2, 0.25) is 0 Å². The number of rotatable bonds is 13. The fourth-order valence-electron chi connectivity index (χ4n) is 3.87. The van der Waals surface area contributed by atoms with Crippen molar-refractivity contribution in [3.05, 3.63) is 23.8 Å². The third-order valence-corrected chi connectivity index (χ3v) is 5.83. The van der Waals surface area contributed by atoms with Crippen LogP contribution >= 0.6 is 0 Å². The molecule has 9 heteroatoms. The highest BCUT2D eigenvalue weighted by atomic mass is 16.6. The zero-order chi connectivity index (χ0) is 30.0. The molecule has 1 rings (SSSR count). The van der Waals surface area contributed by atoms with Crippen LogP contribution in [0.5, 0.6) is 11.5 Å². The molecule has 0 bridgehead atoms. The molecule has 0 aliphatic carbocycles. The summed E-state index contributed by atoms with van der Waals surface area (Å²) in [5.74, 6) is -2.09. The lowest BCUT2D eigenvalue weighted by Gasteiger charge is -2.27. The average molecular weight is 550 g/mol. The highest BCUT2D eigenvalue weighted by Crippen LogP contribution is 2.33. The van der Waals surface area contributed by atoms with Crippen LogP contribution in [0.1, 0.15) is 93.1 Å². The molecule has 0 amide bonds. The molecule has 1 aromatic carbocycles. The molecule has 2 N–H and O–H groups in total. The SMILES string of the molecule is CCC[C@H](C)C(=O)OCCC(N)(Cc1ccc(OC(=O)CC(C)(C)C)c(OC(=O)CC(C)(C)C)c1)C(=O)OC. The maximum Gasteiger partial charge on any atom is 0.326 e. The van der Waals surface area contributed by atoms with E-state index in [9.17, 15) is 19.2 Å². The number of esters is 4.